The zero-order valence-electron chi connectivity index (χ0n) is 8.40. The molecular weight excluding hydrogens is 230 g/mol. The minimum Gasteiger partial charge on any atom is -0.361 e. The van der Waals surface area contributed by atoms with E-state index in [1.54, 1.807) is 19.1 Å². The molecule has 2 rings (SSSR count). The molecule has 0 spiro atoms. The Balaban J connectivity index is 2.14. The van der Waals surface area contributed by atoms with E-state index in [0.29, 0.717) is 22.2 Å². The van der Waals surface area contributed by atoms with Gasteiger partial charge in [-0.2, -0.15) is 0 Å². The lowest BCUT2D eigenvalue weighted by molar-refractivity contribution is 0.102. The van der Waals surface area contributed by atoms with E-state index < -0.39 is 0 Å². The number of nitrogens with one attached hydrogen (secondary N) is 1. The van der Waals surface area contributed by atoms with Gasteiger partial charge < -0.3 is 9.84 Å². The lowest BCUT2D eigenvalue weighted by Gasteiger charge is -2.02. The van der Waals surface area contributed by atoms with Gasteiger partial charge in [-0.25, -0.2) is 4.98 Å². The lowest BCUT2D eigenvalue weighted by Crippen LogP contribution is -2.12. The highest BCUT2D eigenvalue weighted by molar-refractivity contribution is 6.30. The molecule has 0 aliphatic carbocycles. The van der Waals surface area contributed by atoms with E-state index in [1.165, 1.54) is 12.4 Å². The summed E-state index contributed by atoms with van der Waals surface area (Å²) in [5.41, 5.74) is 0.386. The Morgan fingerprint density at radius 2 is 2.25 bits per heavy atom. The quantitative estimate of drug-likeness (QED) is 0.870. The maximum absolute atomic E-state index is 11.7. The molecule has 2 heterocycles. The SMILES string of the molecule is Cc1oncc1C(=O)Nc1ccc(Cl)cn1. The van der Waals surface area contributed by atoms with Crippen LogP contribution in [0.15, 0.2) is 29.0 Å². The van der Waals surface area contributed by atoms with Crippen molar-refractivity contribution in [2.75, 3.05) is 5.32 Å². The van der Waals surface area contributed by atoms with Gasteiger partial charge in [-0.05, 0) is 19.1 Å². The molecule has 0 saturated carbocycles. The largest absolute Gasteiger partial charge is 0.361 e. The summed E-state index contributed by atoms with van der Waals surface area (Å²) in [7, 11) is 0. The predicted octanol–water partition coefficient (Wildman–Crippen LogP) is 2.28. The van der Waals surface area contributed by atoms with Gasteiger partial charge in [0.1, 0.15) is 17.1 Å². The molecule has 5 nitrogen and oxygen atoms in total. The van der Waals surface area contributed by atoms with Crippen LogP contribution in [0.1, 0.15) is 16.1 Å². The summed E-state index contributed by atoms with van der Waals surface area (Å²) in [5.74, 6) is 0.579. The summed E-state index contributed by atoms with van der Waals surface area (Å²) in [4.78, 5) is 15.6. The van der Waals surface area contributed by atoms with Crippen molar-refractivity contribution in [3.8, 4) is 0 Å². The number of nitrogens with zero attached hydrogens (tertiary/aromatic N) is 2. The Bertz CT molecular complexity index is 507. The number of pyridine rings is 1. The summed E-state index contributed by atoms with van der Waals surface area (Å²) >= 11 is 5.67. The first-order valence-corrected chi connectivity index (χ1v) is 4.89. The van der Waals surface area contributed by atoms with Gasteiger partial charge in [0.2, 0.25) is 0 Å². The minimum atomic E-state index is -0.312. The van der Waals surface area contributed by atoms with Crippen molar-refractivity contribution in [3.63, 3.8) is 0 Å². The van der Waals surface area contributed by atoms with Crippen molar-refractivity contribution >= 4 is 23.3 Å². The number of halogens is 1. The van der Waals surface area contributed by atoms with Crippen LogP contribution in [-0.4, -0.2) is 16.0 Å². The fraction of sp³-hybridized carbons (Fsp3) is 0.100. The molecule has 0 fully saturated rings. The fourth-order valence-corrected chi connectivity index (χ4v) is 1.26. The Morgan fingerprint density at radius 3 is 2.81 bits per heavy atom. The van der Waals surface area contributed by atoms with Crippen LogP contribution in [-0.2, 0) is 0 Å². The Morgan fingerprint density at radius 1 is 1.44 bits per heavy atom. The van der Waals surface area contributed by atoms with Crippen LogP contribution in [0.5, 0.6) is 0 Å². The standard InChI is InChI=1S/C10H8ClN3O2/c1-6-8(5-13-16-6)10(15)14-9-3-2-7(11)4-12-9/h2-5H,1H3,(H,12,14,15). The molecule has 0 aliphatic heterocycles. The molecule has 2 aromatic rings. The molecular formula is C10H8ClN3O2. The second-order valence-electron chi connectivity index (χ2n) is 3.11. The van der Waals surface area contributed by atoms with Crippen molar-refractivity contribution in [1.82, 2.24) is 10.1 Å². The van der Waals surface area contributed by atoms with Crippen molar-refractivity contribution in [1.29, 1.82) is 0 Å². The first-order valence-electron chi connectivity index (χ1n) is 4.51. The third kappa shape index (κ3) is 2.20. The topological polar surface area (TPSA) is 68.0 Å². The smallest absolute Gasteiger partial charge is 0.262 e. The van der Waals surface area contributed by atoms with Gasteiger partial charge in [0.15, 0.2) is 0 Å². The molecule has 82 valence electrons. The lowest BCUT2D eigenvalue weighted by atomic mass is 10.2. The minimum absolute atomic E-state index is 0.312. The van der Waals surface area contributed by atoms with Crippen molar-refractivity contribution in [3.05, 3.63) is 40.9 Å². The van der Waals surface area contributed by atoms with E-state index >= 15 is 0 Å². The van der Waals surface area contributed by atoms with Crippen LogP contribution in [0.3, 0.4) is 0 Å². The van der Waals surface area contributed by atoms with Gasteiger partial charge in [-0.15, -0.1) is 0 Å². The summed E-state index contributed by atoms with van der Waals surface area (Å²) in [6, 6.07) is 3.26. The molecule has 2 aromatic heterocycles. The normalized spacial score (nSPS) is 10.1. The Hall–Kier alpha value is -1.88. The second-order valence-corrected chi connectivity index (χ2v) is 3.55. The second kappa shape index (κ2) is 4.32. The summed E-state index contributed by atoms with van der Waals surface area (Å²) in [6.07, 6.45) is 2.82. The van der Waals surface area contributed by atoms with Gasteiger partial charge >= 0.3 is 0 Å². The zero-order chi connectivity index (χ0) is 11.5. The molecule has 0 atom stereocenters. The number of anilines is 1. The molecule has 1 amide bonds. The van der Waals surface area contributed by atoms with E-state index in [4.69, 9.17) is 16.1 Å². The van der Waals surface area contributed by atoms with Crippen molar-refractivity contribution in [2.45, 2.75) is 6.92 Å². The number of hydrogen-bond donors (Lipinski definition) is 1. The van der Waals surface area contributed by atoms with Gasteiger partial charge in [-0.1, -0.05) is 16.8 Å². The zero-order valence-corrected chi connectivity index (χ0v) is 9.15. The fourth-order valence-electron chi connectivity index (χ4n) is 1.15. The number of aryl methyl sites for hydroxylation is 1. The number of carbonyl (C=O) groups is 1. The maximum Gasteiger partial charge on any atom is 0.262 e. The third-order valence-electron chi connectivity index (χ3n) is 1.96. The average molecular weight is 238 g/mol. The Kier molecular flexibility index (Phi) is 2.87. The molecule has 0 saturated heterocycles. The molecule has 0 aromatic carbocycles. The summed E-state index contributed by atoms with van der Waals surface area (Å²) in [6.45, 7) is 1.66. The van der Waals surface area contributed by atoms with E-state index in [9.17, 15) is 4.79 Å². The summed E-state index contributed by atoms with van der Waals surface area (Å²) < 4.78 is 4.79. The predicted molar refractivity (Wildman–Crippen MR) is 58.4 cm³/mol. The molecule has 1 N–H and O–H groups in total. The van der Waals surface area contributed by atoms with Crippen LogP contribution in [0.4, 0.5) is 5.82 Å². The van der Waals surface area contributed by atoms with Gasteiger partial charge in [0.05, 0.1) is 11.2 Å². The number of amides is 1. The highest BCUT2D eigenvalue weighted by Crippen LogP contribution is 2.12. The highest BCUT2D eigenvalue weighted by Gasteiger charge is 2.13. The molecule has 0 bridgehead atoms. The maximum atomic E-state index is 11.7. The molecule has 6 heteroatoms. The van der Waals surface area contributed by atoms with Crippen LogP contribution in [0.2, 0.25) is 5.02 Å². The highest BCUT2D eigenvalue weighted by atomic mass is 35.5. The number of rotatable bonds is 2. The van der Waals surface area contributed by atoms with Crippen LogP contribution >= 0.6 is 11.6 Å². The number of carbonyl (C=O) groups excluding carboxylic acids is 1. The monoisotopic (exact) mass is 237 g/mol. The first kappa shape index (κ1) is 10.6. The van der Waals surface area contributed by atoms with Gasteiger partial charge in [0, 0.05) is 6.20 Å². The average Bonchev–Trinajstić information content (AvgIpc) is 2.68. The van der Waals surface area contributed by atoms with Gasteiger partial charge in [0.25, 0.3) is 5.91 Å². The number of hydrogen-bond acceptors (Lipinski definition) is 4. The van der Waals surface area contributed by atoms with Crippen LogP contribution < -0.4 is 5.32 Å². The van der Waals surface area contributed by atoms with Crippen molar-refractivity contribution in [2.24, 2.45) is 0 Å². The van der Waals surface area contributed by atoms with Gasteiger partial charge in [-0.3, -0.25) is 4.79 Å². The number of aromatic nitrogens is 2. The van der Waals surface area contributed by atoms with E-state index in [0.717, 1.165) is 0 Å². The molecule has 16 heavy (non-hydrogen) atoms. The Labute approximate surface area is 96.4 Å². The first-order chi connectivity index (χ1) is 7.66. The van der Waals surface area contributed by atoms with Crippen LogP contribution in [0.25, 0.3) is 0 Å². The van der Waals surface area contributed by atoms with E-state index in [1.807, 2.05) is 0 Å². The van der Waals surface area contributed by atoms with E-state index in [-0.39, 0.29) is 5.91 Å². The summed E-state index contributed by atoms with van der Waals surface area (Å²) in [5, 5.41) is 6.64. The molecule has 0 radical (unpaired) electrons. The van der Waals surface area contributed by atoms with Crippen LogP contribution in [0, 0.1) is 6.92 Å². The van der Waals surface area contributed by atoms with Crippen molar-refractivity contribution < 1.29 is 9.32 Å². The van der Waals surface area contributed by atoms with E-state index in [2.05, 4.69) is 15.5 Å². The third-order valence-corrected chi connectivity index (χ3v) is 2.19. The molecule has 0 aliphatic rings. The molecule has 0 unspecified atom stereocenters.